The zero-order valence-electron chi connectivity index (χ0n) is 17.9. The number of nitrogens with one attached hydrogen (secondary N) is 1. The van der Waals surface area contributed by atoms with Gasteiger partial charge in [-0.25, -0.2) is 0 Å². The van der Waals surface area contributed by atoms with Crippen molar-refractivity contribution in [3.63, 3.8) is 0 Å². The van der Waals surface area contributed by atoms with Gasteiger partial charge in [-0.1, -0.05) is 18.9 Å². The molecule has 5 rings (SSSR count). The third-order valence-electron chi connectivity index (χ3n) is 7.49. The molecule has 3 heterocycles. The van der Waals surface area contributed by atoms with Crippen LogP contribution in [0.2, 0.25) is 0 Å². The second kappa shape index (κ2) is 8.97. The minimum Gasteiger partial charge on any atom is -0.489 e. The zero-order valence-corrected chi connectivity index (χ0v) is 18.7. The first kappa shape index (κ1) is 20.5. The Labute approximate surface area is 184 Å². The van der Waals surface area contributed by atoms with Gasteiger partial charge >= 0.3 is 0 Å². The smallest absolute Gasteiger partial charge is 0.134 e. The SMILES string of the molecule is c1ccc([C@]2(CCNCc3sccc3OC3CCC3)CCOC3(CCCC3)C2)nc1. The van der Waals surface area contributed by atoms with Crippen molar-refractivity contribution in [2.24, 2.45) is 0 Å². The van der Waals surface area contributed by atoms with Crippen LogP contribution in [0.5, 0.6) is 5.75 Å². The van der Waals surface area contributed by atoms with Crippen molar-refractivity contribution >= 4 is 11.3 Å². The molecule has 162 valence electrons. The summed E-state index contributed by atoms with van der Waals surface area (Å²) in [6.45, 7) is 2.74. The minimum atomic E-state index is 0.0906. The first-order valence-electron chi connectivity index (χ1n) is 11.8. The molecule has 0 aromatic carbocycles. The predicted molar refractivity (Wildman–Crippen MR) is 121 cm³/mol. The third kappa shape index (κ3) is 4.30. The van der Waals surface area contributed by atoms with Crippen LogP contribution in [0, 0.1) is 0 Å². The molecular formula is C25H34N2O2S. The lowest BCUT2D eigenvalue weighted by Crippen LogP contribution is -2.47. The van der Waals surface area contributed by atoms with Crippen molar-refractivity contribution < 1.29 is 9.47 Å². The highest BCUT2D eigenvalue weighted by atomic mass is 32.1. The molecule has 0 amide bonds. The Morgan fingerprint density at radius 2 is 2.03 bits per heavy atom. The van der Waals surface area contributed by atoms with Crippen LogP contribution in [0.3, 0.4) is 0 Å². The van der Waals surface area contributed by atoms with E-state index in [1.165, 1.54) is 55.5 Å². The number of thiophene rings is 1. The highest BCUT2D eigenvalue weighted by Gasteiger charge is 2.48. The first-order valence-corrected chi connectivity index (χ1v) is 12.6. The molecule has 3 fully saturated rings. The second-order valence-electron chi connectivity index (χ2n) is 9.47. The molecule has 5 heteroatoms. The van der Waals surface area contributed by atoms with Crippen LogP contribution in [0.15, 0.2) is 35.8 Å². The van der Waals surface area contributed by atoms with Crippen molar-refractivity contribution in [2.45, 2.75) is 87.9 Å². The Bertz CT molecular complexity index is 814. The summed E-state index contributed by atoms with van der Waals surface area (Å²) in [4.78, 5) is 6.15. The predicted octanol–water partition coefficient (Wildman–Crippen LogP) is 5.62. The van der Waals surface area contributed by atoms with Gasteiger partial charge in [-0.05, 0) is 81.5 Å². The van der Waals surface area contributed by atoms with Crippen LogP contribution in [-0.2, 0) is 16.7 Å². The summed E-state index contributed by atoms with van der Waals surface area (Å²) in [5.41, 5.74) is 1.47. The molecule has 1 spiro atoms. The maximum absolute atomic E-state index is 6.37. The molecule has 0 bridgehead atoms. The fraction of sp³-hybridized carbons (Fsp3) is 0.640. The maximum Gasteiger partial charge on any atom is 0.134 e. The fourth-order valence-electron chi connectivity index (χ4n) is 5.56. The van der Waals surface area contributed by atoms with E-state index in [4.69, 9.17) is 14.5 Å². The number of ether oxygens (including phenoxy) is 2. The Morgan fingerprint density at radius 1 is 1.13 bits per heavy atom. The Hall–Kier alpha value is -1.43. The van der Waals surface area contributed by atoms with E-state index in [1.807, 2.05) is 12.3 Å². The molecule has 2 saturated carbocycles. The van der Waals surface area contributed by atoms with E-state index in [1.54, 1.807) is 11.3 Å². The highest BCUT2D eigenvalue weighted by molar-refractivity contribution is 7.10. The summed E-state index contributed by atoms with van der Waals surface area (Å²) >= 11 is 1.80. The summed E-state index contributed by atoms with van der Waals surface area (Å²) < 4.78 is 12.5. The van der Waals surface area contributed by atoms with Crippen LogP contribution in [0.4, 0.5) is 0 Å². The fourth-order valence-corrected chi connectivity index (χ4v) is 6.33. The van der Waals surface area contributed by atoms with Gasteiger partial charge in [0.05, 0.1) is 16.6 Å². The molecule has 1 N–H and O–H groups in total. The monoisotopic (exact) mass is 426 g/mol. The van der Waals surface area contributed by atoms with E-state index in [0.29, 0.717) is 6.10 Å². The van der Waals surface area contributed by atoms with Crippen LogP contribution in [0.25, 0.3) is 0 Å². The van der Waals surface area contributed by atoms with Crippen LogP contribution in [0.1, 0.15) is 74.8 Å². The number of aromatic nitrogens is 1. The van der Waals surface area contributed by atoms with E-state index in [0.717, 1.165) is 44.7 Å². The van der Waals surface area contributed by atoms with Gasteiger partial charge in [0.25, 0.3) is 0 Å². The van der Waals surface area contributed by atoms with Crippen molar-refractivity contribution in [1.29, 1.82) is 0 Å². The Morgan fingerprint density at radius 3 is 2.80 bits per heavy atom. The molecule has 1 saturated heterocycles. The molecule has 0 unspecified atom stereocenters. The summed E-state index contributed by atoms with van der Waals surface area (Å²) in [6, 6.07) is 8.54. The van der Waals surface area contributed by atoms with Gasteiger partial charge < -0.3 is 14.8 Å². The quantitative estimate of drug-likeness (QED) is 0.557. The Balaban J connectivity index is 1.23. The molecule has 2 aliphatic carbocycles. The summed E-state index contributed by atoms with van der Waals surface area (Å²) in [5.74, 6) is 1.09. The van der Waals surface area contributed by atoms with Crippen LogP contribution in [-0.4, -0.2) is 29.8 Å². The summed E-state index contributed by atoms with van der Waals surface area (Å²) in [7, 11) is 0. The molecular weight excluding hydrogens is 392 g/mol. The zero-order chi connectivity index (χ0) is 20.3. The van der Waals surface area contributed by atoms with E-state index in [9.17, 15) is 0 Å². The average molecular weight is 427 g/mol. The van der Waals surface area contributed by atoms with Crippen molar-refractivity contribution in [2.75, 3.05) is 13.2 Å². The van der Waals surface area contributed by atoms with Crippen molar-refractivity contribution in [3.05, 3.63) is 46.4 Å². The number of hydrogen-bond donors (Lipinski definition) is 1. The van der Waals surface area contributed by atoms with E-state index in [2.05, 4.69) is 28.9 Å². The third-order valence-corrected chi connectivity index (χ3v) is 8.39. The van der Waals surface area contributed by atoms with Crippen LogP contribution < -0.4 is 10.1 Å². The second-order valence-corrected chi connectivity index (χ2v) is 10.5. The lowest BCUT2D eigenvalue weighted by molar-refractivity contribution is -0.104. The van der Waals surface area contributed by atoms with Crippen molar-refractivity contribution in [3.8, 4) is 5.75 Å². The summed E-state index contributed by atoms with van der Waals surface area (Å²) in [5, 5.41) is 5.88. The molecule has 1 aliphatic heterocycles. The molecule has 30 heavy (non-hydrogen) atoms. The lowest BCUT2D eigenvalue weighted by atomic mass is 9.68. The number of pyridine rings is 1. The Kier molecular flexibility index (Phi) is 6.12. The van der Waals surface area contributed by atoms with Gasteiger partial charge in [-0.2, -0.15) is 0 Å². The van der Waals surface area contributed by atoms with Crippen molar-refractivity contribution in [1.82, 2.24) is 10.3 Å². The molecule has 2 aromatic heterocycles. The molecule has 0 radical (unpaired) electrons. The van der Waals surface area contributed by atoms with Gasteiger partial charge in [0, 0.05) is 30.5 Å². The van der Waals surface area contributed by atoms with Gasteiger partial charge in [-0.15, -0.1) is 11.3 Å². The molecule has 2 aromatic rings. The van der Waals surface area contributed by atoms with Gasteiger partial charge in [-0.3, -0.25) is 4.98 Å². The standard InChI is InChI=1S/C25H34N2O2S/c1-4-14-27-23(8-1)24(13-16-28-25(19-24)10-2-3-11-25)12-15-26-18-22-21(9-17-30-22)29-20-6-5-7-20/h1,4,8-9,14,17,20,26H,2-3,5-7,10-13,15-16,18-19H2/t24-/m1/s1. The highest BCUT2D eigenvalue weighted by Crippen LogP contribution is 2.49. The lowest BCUT2D eigenvalue weighted by Gasteiger charge is -2.46. The van der Waals surface area contributed by atoms with E-state index < -0.39 is 0 Å². The molecule has 3 aliphatic rings. The minimum absolute atomic E-state index is 0.0906. The topological polar surface area (TPSA) is 43.4 Å². The first-order chi connectivity index (χ1) is 14.8. The maximum atomic E-state index is 6.37. The number of hydrogen-bond acceptors (Lipinski definition) is 5. The number of nitrogens with zero attached hydrogens (tertiary/aromatic N) is 1. The number of rotatable bonds is 8. The van der Waals surface area contributed by atoms with Gasteiger partial charge in [0.2, 0.25) is 0 Å². The molecule has 1 atom stereocenters. The normalized spacial score (nSPS) is 26.0. The van der Waals surface area contributed by atoms with Gasteiger partial charge in [0.15, 0.2) is 0 Å². The van der Waals surface area contributed by atoms with E-state index >= 15 is 0 Å². The summed E-state index contributed by atoms with van der Waals surface area (Å²) in [6.07, 6.45) is 14.5. The largest absolute Gasteiger partial charge is 0.489 e. The molecule has 4 nitrogen and oxygen atoms in total. The average Bonchev–Trinajstić information content (AvgIpc) is 3.38. The van der Waals surface area contributed by atoms with E-state index in [-0.39, 0.29) is 11.0 Å². The van der Waals surface area contributed by atoms with Gasteiger partial charge in [0.1, 0.15) is 5.75 Å². The van der Waals surface area contributed by atoms with Crippen LogP contribution >= 0.6 is 11.3 Å².